The predicted molar refractivity (Wildman–Crippen MR) is 124 cm³/mol. The molecule has 0 aromatic heterocycles. The molecule has 6 nitrogen and oxygen atoms in total. The van der Waals surface area contributed by atoms with Gasteiger partial charge in [-0.05, 0) is 37.4 Å². The Hall–Kier alpha value is -2.74. The summed E-state index contributed by atoms with van der Waals surface area (Å²) in [5.74, 6) is -0.0915. The number of rotatable bonds is 5. The van der Waals surface area contributed by atoms with Crippen LogP contribution in [-0.4, -0.2) is 55.8 Å². The number of carbonyl (C=O) groups is 1. The van der Waals surface area contributed by atoms with E-state index in [1.165, 1.54) is 4.31 Å². The Balaban J connectivity index is 1.40. The SMILES string of the molecule is Cc1ccc(S(=O)(=O)N2CCN(C(C)C(=O)Nc3cccc4ccccc34)CC2)cc1. The summed E-state index contributed by atoms with van der Waals surface area (Å²) >= 11 is 0. The van der Waals surface area contributed by atoms with Crippen molar-refractivity contribution >= 4 is 32.4 Å². The summed E-state index contributed by atoms with van der Waals surface area (Å²) in [6, 6.07) is 20.3. The second-order valence-electron chi connectivity index (χ2n) is 7.95. The molecule has 31 heavy (non-hydrogen) atoms. The van der Waals surface area contributed by atoms with Crippen molar-refractivity contribution in [1.29, 1.82) is 0 Å². The van der Waals surface area contributed by atoms with E-state index in [1.54, 1.807) is 12.1 Å². The lowest BCUT2D eigenvalue weighted by Crippen LogP contribution is -2.53. The van der Waals surface area contributed by atoms with Crippen molar-refractivity contribution in [3.8, 4) is 0 Å². The molecule has 0 spiro atoms. The summed E-state index contributed by atoms with van der Waals surface area (Å²) in [6.45, 7) is 5.54. The van der Waals surface area contributed by atoms with Gasteiger partial charge in [0.05, 0.1) is 10.9 Å². The molecule has 3 aromatic rings. The minimum absolute atomic E-state index is 0.0915. The molecule has 1 fully saturated rings. The van der Waals surface area contributed by atoms with E-state index in [4.69, 9.17) is 0 Å². The van der Waals surface area contributed by atoms with Crippen LogP contribution in [0.25, 0.3) is 10.8 Å². The second-order valence-corrected chi connectivity index (χ2v) is 9.88. The number of piperazine rings is 1. The fraction of sp³-hybridized carbons (Fsp3) is 0.292. The number of anilines is 1. The van der Waals surface area contributed by atoms with Crippen LogP contribution in [0, 0.1) is 6.92 Å². The number of amides is 1. The highest BCUT2D eigenvalue weighted by atomic mass is 32.2. The van der Waals surface area contributed by atoms with Gasteiger partial charge in [-0.25, -0.2) is 8.42 Å². The lowest BCUT2D eigenvalue weighted by Gasteiger charge is -2.36. The van der Waals surface area contributed by atoms with Gasteiger partial charge in [0.1, 0.15) is 0 Å². The van der Waals surface area contributed by atoms with E-state index in [9.17, 15) is 13.2 Å². The van der Waals surface area contributed by atoms with Crippen molar-refractivity contribution < 1.29 is 13.2 Å². The first kappa shape index (κ1) is 21.5. The lowest BCUT2D eigenvalue weighted by atomic mass is 10.1. The quantitative estimate of drug-likeness (QED) is 0.664. The van der Waals surface area contributed by atoms with Crippen LogP contribution >= 0.6 is 0 Å². The number of nitrogens with zero attached hydrogens (tertiary/aromatic N) is 2. The largest absolute Gasteiger partial charge is 0.324 e. The zero-order valence-corrected chi connectivity index (χ0v) is 18.6. The van der Waals surface area contributed by atoms with Gasteiger partial charge in [-0.2, -0.15) is 4.31 Å². The van der Waals surface area contributed by atoms with Crippen LogP contribution in [0.2, 0.25) is 0 Å². The third kappa shape index (κ3) is 4.49. The fourth-order valence-electron chi connectivity index (χ4n) is 3.93. The van der Waals surface area contributed by atoms with Gasteiger partial charge in [0, 0.05) is 37.3 Å². The van der Waals surface area contributed by atoms with Crippen LogP contribution in [0.4, 0.5) is 5.69 Å². The molecular formula is C24H27N3O3S. The number of hydrogen-bond acceptors (Lipinski definition) is 4. The number of benzene rings is 3. The van der Waals surface area contributed by atoms with Crippen molar-refractivity contribution in [2.75, 3.05) is 31.5 Å². The van der Waals surface area contributed by atoms with Crippen LogP contribution in [0.3, 0.4) is 0 Å². The maximum Gasteiger partial charge on any atom is 0.243 e. The molecule has 162 valence electrons. The Kier molecular flexibility index (Phi) is 6.09. The Morgan fingerprint density at radius 1 is 0.903 bits per heavy atom. The first-order chi connectivity index (χ1) is 14.9. The van der Waals surface area contributed by atoms with E-state index in [0.29, 0.717) is 31.1 Å². The van der Waals surface area contributed by atoms with Gasteiger partial charge in [-0.15, -0.1) is 0 Å². The summed E-state index contributed by atoms with van der Waals surface area (Å²) in [5, 5.41) is 5.11. The third-order valence-corrected chi connectivity index (χ3v) is 7.82. The average Bonchev–Trinajstić information content (AvgIpc) is 2.79. The molecule has 7 heteroatoms. The van der Waals surface area contributed by atoms with Gasteiger partial charge in [-0.3, -0.25) is 9.69 Å². The standard InChI is InChI=1S/C24H27N3O3S/c1-18-10-12-21(13-11-18)31(29,30)27-16-14-26(15-17-27)19(2)24(28)25-23-9-5-7-20-6-3-4-8-22(20)23/h3-13,19H,14-17H2,1-2H3,(H,25,28). The number of fused-ring (bicyclic) bond motifs is 1. The molecule has 0 saturated carbocycles. The smallest absolute Gasteiger partial charge is 0.243 e. The molecule has 4 rings (SSSR count). The van der Waals surface area contributed by atoms with E-state index in [0.717, 1.165) is 22.0 Å². The number of aryl methyl sites for hydroxylation is 1. The Labute approximate surface area is 183 Å². The first-order valence-electron chi connectivity index (χ1n) is 10.5. The van der Waals surface area contributed by atoms with Crippen molar-refractivity contribution in [3.05, 3.63) is 72.3 Å². The third-order valence-electron chi connectivity index (χ3n) is 5.91. The monoisotopic (exact) mass is 437 g/mol. The molecule has 3 aromatic carbocycles. The minimum atomic E-state index is -3.51. The number of hydrogen-bond donors (Lipinski definition) is 1. The van der Waals surface area contributed by atoms with E-state index in [2.05, 4.69) is 5.32 Å². The van der Waals surface area contributed by atoms with Crippen LogP contribution < -0.4 is 5.32 Å². The Morgan fingerprint density at radius 3 is 2.26 bits per heavy atom. The van der Waals surface area contributed by atoms with Gasteiger partial charge < -0.3 is 5.32 Å². The molecule has 0 aliphatic carbocycles. The summed E-state index contributed by atoms with van der Waals surface area (Å²) in [4.78, 5) is 15.2. The van der Waals surface area contributed by atoms with E-state index in [-0.39, 0.29) is 11.9 Å². The maximum atomic E-state index is 12.9. The fourth-order valence-corrected chi connectivity index (χ4v) is 5.35. The van der Waals surface area contributed by atoms with E-state index < -0.39 is 10.0 Å². The van der Waals surface area contributed by atoms with Crippen LogP contribution in [0.15, 0.2) is 71.6 Å². The van der Waals surface area contributed by atoms with Crippen molar-refractivity contribution in [2.24, 2.45) is 0 Å². The highest BCUT2D eigenvalue weighted by Crippen LogP contribution is 2.24. The summed E-state index contributed by atoms with van der Waals surface area (Å²) < 4.78 is 27.3. The van der Waals surface area contributed by atoms with Gasteiger partial charge in [0.15, 0.2) is 0 Å². The Morgan fingerprint density at radius 2 is 1.55 bits per heavy atom. The average molecular weight is 438 g/mol. The van der Waals surface area contributed by atoms with Crippen molar-refractivity contribution in [1.82, 2.24) is 9.21 Å². The highest BCUT2D eigenvalue weighted by molar-refractivity contribution is 7.89. The number of nitrogens with one attached hydrogen (secondary N) is 1. The molecule has 1 amide bonds. The number of carbonyl (C=O) groups excluding carboxylic acids is 1. The molecule has 1 heterocycles. The lowest BCUT2D eigenvalue weighted by molar-refractivity contribution is -0.121. The molecule has 0 radical (unpaired) electrons. The minimum Gasteiger partial charge on any atom is -0.324 e. The molecule has 1 unspecified atom stereocenters. The zero-order valence-electron chi connectivity index (χ0n) is 17.8. The summed E-state index contributed by atoms with van der Waals surface area (Å²) in [7, 11) is -3.51. The summed E-state index contributed by atoms with van der Waals surface area (Å²) in [6.07, 6.45) is 0. The topological polar surface area (TPSA) is 69.7 Å². The molecule has 1 aliphatic heterocycles. The molecular weight excluding hydrogens is 410 g/mol. The van der Waals surface area contributed by atoms with Gasteiger partial charge in [-0.1, -0.05) is 54.1 Å². The molecule has 1 aliphatic rings. The zero-order chi connectivity index (χ0) is 22.0. The van der Waals surface area contributed by atoms with Crippen LogP contribution in [0.5, 0.6) is 0 Å². The van der Waals surface area contributed by atoms with Gasteiger partial charge in [0.2, 0.25) is 15.9 Å². The highest BCUT2D eigenvalue weighted by Gasteiger charge is 2.31. The van der Waals surface area contributed by atoms with Gasteiger partial charge >= 0.3 is 0 Å². The predicted octanol–water partition coefficient (Wildman–Crippen LogP) is 3.48. The first-order valence-corrected chi connectivity index (χ1v) is 11.9. The van der Waals surface area contributed by atoms with Crippen molar-refractivity contribution in [2.45, 2.75) is 24.8 Å². The normalized spacial score (nSPS) is 16.8. The van der Waals surface area contributed by atoms with Crippen LogP contribution in [-0.2, 0) is 14.8 Å². The van der Waals surface area contributed by atoms with Crippen LogP contribution in [0.1, 0.15) is 12.5 Å². The van der Waals surface area contributed by atoms with Gasteiger partial charge in [0.25, 0.3) is 0 Å². The van der Waals surface area contributed by atoms with E-state index >= 15 is 0 Å². The van der Waals surface area contributed by atoms with E-state index in [1.807, 2.05) is 73.3 Å². The molecule has 0 bridgehead atoms. The van der Waals surface area contributed by atoms with Crippen molar-refractivity contribution in [3.63, 3.8) is 0 Å². The molecule has 1 saturated heterocycles. The molecule has 1 N–H and O–H groups in total. The summed E-state index contributed by atoms with van der Waals surface area (Å²) in [5.41, 5.74) is 1.81. The molecule has 1 atom stereocenters. The second kappa shape index (κ2) is 8.78. The number of sulfonamides is 1. The maximum absolute atomic E-state index is 12.9. The Bertz CT molecular complexity index is 1180.